The van der Waals surface area contributed by atoms with Gasteiger partial charge in [0, 0.05) is 38.2 Å². The van der Waals surface area contributed by atoms with E-state index in [4.69, 9.17) is 17.0 Å². The molecule has 1 fully saturated rings. The van der Waals surface area contributed by atoms with Crippen LogP contribution in [0, 0.1) is 0 Å². The van der Waals surface area contributed by atoms with Crippen LogP contribution in [0.3, 0.4) is 0 Å². The molecule has 0 spiro atoms. The quantitative estimate of drug-likeness (QED) is 0.462. The van der Waals surface area contributed by atoms with Crippen LogP contribution in [-0.4, -0.2) is 48.1 Å². The van der Waals surface area contributed by atoms with Gasteiger partial charge >= 0.3 is 6.09 Å². The Kier molecular flexibility index (Phi) is 6.88. The maximum atomic E-state index is 11.5. The fraction of sp³-hybridized carbons (Fsp3) is 0.583. The fourth-order valence-corrected chi connectivity index (χ4v) is 1.74. The van der Waals surface area contributed by atoms with Gasteiger partial charge in [0.2, 0.25) is 0 Å². The maximum absolute atomic E-state index is 11.5. The minimum absolute atomic E-state index is 0.252. The molecule has 6 nitrogen and oxygen atoms in total. The summed E-state index contributed by atoms with van der Waals surface area (Å²) in [6, 6.07) is 0. The molecule has 0 saturated carbocycles. The number of ether oxygens (including phenoxy) is 1. The Bertz CT molecular complexity index is 361. The van der Waals surface area contributed by atoms with Gasteiger partial charge in [-0.2, -0.15) is 5.10 Å². The first kappa shape index (κ1) is 15.4. The number of hydrazone groups is 1. The van der Waals surface area contributed by atoms with Crippen molar-refractivity contribution in [1.82, 2.24) is 15.6 Å². The number of likely N-dealkylation sites (tertiary alicyclic amines) is 1. The lowest BCUT2D eigenvalue weighted by atomic mass is 10.1. The molecule has 0 aromatic heterocycles. The molecule has 0 aromatic rings. The highest BCUT2D eigenvalue weighted by atomic mass is 32.1. The van der Waals surface area contributed by atoms with Crippen molar-refractivity contribution in [1.29, 1.82) is 0 Å². The van der Waals surface area contributed by atoms with E-state index in [0.29, 0.717) is 31.4 Å². The molecule has 0 unspecified atom stereocenters. The van der Waals surface area contributed by atoms with E-state index in [2.05, 4.69) is 22.4 Å². The fourth-order valence-electron chi connectivity index (χ4n) is 1.61. The predicted molar refractivity (Wildman–Crippen MR) is 79.2 cm³/mol. The number of thiocarbonyl (C=S) groups is 1. The lowest BCUT2D eigenvalue weighted by Gasteiger charge is -2.26. The molecule has 1 aliphatic heterocycles. The molecule has 106 valence electrons. The summed E-state index contributed by atoms with van der Waals surface area (Å²) in [4.78, 5) is 13.2. The van der Waals surface area contributed by atoms with Gasteiger partial charge in [0.15, 0.2) is 5.11 Å². The molecule has 0 bridgehead atoms. The molecule has 0 atom stereocenters. The Morgan fingerprint density at radius 1 is 1.58 bits per heavy atom. The molecule has 1 aliphatic rings. The van der Waals surface area contributed by atoms with Crippen LogP contribution in [0.2, 0.25) is 0 Å². The van der Waals surface area contributed by atoms with Crippen molar-refractivity contribution >= 4 is 29.1 Å². The number of rotatable bonds is 4. The van der Waals surface area contributed by atoms with Crippen LogP contribution in [-0.2, 0) is 4.74 Å². The van der Waals surface area contributed by atoms with E-state index in [9.17, 15) is 4.79 Å². The zero-order valence-corrected chi connectivity index (χ0v) is 12.0. The maximum Gasteiger partial charge on any atom is 0.409 e. The number of carbonyl (C=O) groups excluding carboxylic acids is 1. The molecule has 0 aromatic carbocycles. The van der Waals surface area contributed by atoms with Crippen LogP contribution >= 0.6 is 12.2 Å². The van der Waals surface area contributed by atoms with Crippen molar-refractivity contribution in [2.45, 2.75) is 19.8 Å². The van der Waals surface area contributed by atoms with E-state index in [1.54, 1.807) is 17.9 Å². The molecule has 2 N–H and O–H groups in total. The summed E-state index contributed by atoms with van der Waals surface area (Å²) >= 11 is 5.03. The second-order valence-corrected chi connectivity index (χ2v) is 4.38. The number of amides is 1. The monoisotopic (exact) mass is 284 g/mol. The summed E-state index contributed by atoms with van der Waals surface area (Å²) in [7, 11) is 0. The van der Waals surface area contributed by atoms with Gasteiger partial charge in [-0.15, -0.1) is 6.58 Å². The average Bonchev–Trinajstić information content (AvgIpc) is 2.43. The second kappa shape index (κ2) is 8.47. The number of nitrogens with one attached hydrogen (secondary N) is 2. The third-order valence-electron chi connectivity index (χ3n) is 2.59. The van der Waals surface area contributed by atoms with E-state index in [1.807, 2.05) is 0 Å². The Balaban J connectivity index is 2.30. The highest BCUT2D eigenvalue weighted by molar-refractivity contribution is 7.80. The van der Waals surface area contributed by atoms with Crippen LogP contribution in [0.1, 0.15) is 19.8 Å². The van der Waals surface area contributed by atoms with Crippen LogP contribution in [0.15, 0.2) is 17.8 Å². The highest BCUT2D eigenvalue weighted by Gasteiger charge is 2.20. The summed E-state index contributed by atoms with van der Waals surface area (Å²) in [5.41, 5.74) is 3.79. The molecular formula is C12H20N4O2S. The molecule has 1 heterocycles. The first-order valence-corrected chi connectivity index (χ1v) is 6.70. The van der Waals surface area contributed by atoms with Gasteiger partial charge in [-0.3, -0.25) is 5.43 Å². The molecular weight excluding hydrogens is 264 g/mol. The number of piperidine rings is 1. The first-order chi connectivity index (χ1) is 9.17. The van der Waals surface area contributed by atoms with E-state index >= 15 is 0 Å². The smallest absolute Gasteiger partial charge is 0.409 e. The third-order valence-corrected chi connectivity index (χ3v) is 2.82. The predicted octanol–water partition coefficient (Wildman–Crippen LogP) is 1.24. The molecule has 19 heavy (non-hydrogen) atoms. The third kappa shape index (κ3) is 5.69. The van der Waals surface area contributed by atoms with Gasteiger partial charge in [-0.1, -0.05) is 6.08 Å². The van der Waals surface area contributed by atoms with Crippen LogP contribution < -0.4 is 10.7 Å². The largest absolute Gasteiger partial charge is 0.450 e. The Morgan fingerprint density at radius 3 is 2.84 bits per heavy atom. The van der Waals surface area contributed by atoms with Crippen molar-refractivity contribution < 1.29 is 9.53 Å². The minimum Gasteiger partial charge on any atom is -0.450 e. The van der Waals surface area contributed by atoms with Crippen molar-refractivity contribution in [2.75, 3.05) is 26.2 Å². The van der Waals surface area contributed by atoms with Crippen molar-refractivity contribution in [3.8, 4) is 0 Å². The van der Waals surface area contributed by atoms with Gasteiger partial charge in [0.05, 0.1) is 6.61 Å². The van der Waals surface area contributed by atoms with Gasteiger partial charge < -0.3 is 15.0 Å². The van der Waals surface area contributed by atoms with Crippen molar-refractivity contribution in [3.63, 3.8) is 0 Å². The zero-order valence-electron chi connectivity index (χ0n) is 11.1. The highest BCUT2D eigenvalue weighted by Crippen LogP contribution is 2.08. The lowest BCUT2D eigenvalue weighted by molar-refractivity contribution is 0.107. The van der Waals surface area contributed by atoms with E-state index in [-0.39, 0.29) is 6.09 Å². The normalized spacial score (nSPS) is 14.6. The van der Waals surface area contributed by atoms with Gasteiger partial charge in [0.1, 0.15) is 0 Å². The molecule has 1 saturated heterocycles. The second-order valence-electron chi connectivity index (χ2n) is 3.97. The average molecular weight is 284 g/mol. The number of carbonyl (C=O) groups is 1. The Hall–Kier alpha value is -1.63. The standard InChI is InChI=1S/C12H20N4O2S/c1-3-7-13-11(19)15-14-10-5-8-16(9-6-10)12(17)18-4-2/h3H,1,4-9H2,2H3,(H2,13,15,19). The van der Waals surface area contributed by atoms with Crippen molar-refractivity contribution in [3.05, 3.63) is 12.7 Å². The van der Waals surface area contributed by atoms with E-state index in [1.165, 1.54) is 0 Å². The topological polar surface area (TPSA) is 66.0 Å². The van der Waals surface area contributed by atoms with Crippen molar-refractivity contribution in [2.24, 2.45) is 5.10 Å². The summed E-state index contributed by atoms with van der Waals surface area (Å²) in [5.74, 6) is 0. The Morgan fingerprint density at radius 2 is 2.26 bits per heavy atom. The van der Waals surface area contributed by atoms with Gasteiger partial charge in [-0.05, 0) is 19.1 Å². The molecule has 1 rings (SSSR count). The summed E-state index contributed by atoms with van der Waals surface area (Å²) < 4.78 is 4.95. The number of nitrogens with zero attached hydrogens (tertiary/aromatic N) is 2. The zero-order chi connectivity index (χ0) is 14.1. The molecule has 0 radical (unpaired) electrons. The van der Waals surface area contributed by atoms with Crippen LogP contribution in [0.25, 0.3) is 0 Å². The number of hydrogen-bond donors (Lipinski definition) is 2. The SMILES string of the molecule is C=CCNC(=S)NN=C1CCN(C(=O)OCC)CC1. The first-order valence-electron chi connectivity index (χ1n) is 6.29. The Labute approximate surface area is 118 Å². The van der Waals surface area contributed by atoms with E-state index < -0.39 is 0 Å². The number of hydrogen-bond acceptors (Lipinski definition) is 4. The van der Waals surface area contributed by atoms with Crippen LogP contribution in [0.5, 0.6) is 0 Å². The molecule has 0 aliphatic carbocycles. The van der Waals surface area contributed by atoms with Gasteiger partial charge in [-0.25, -0.2) is 4.79 Å². The molecule has 7 heteroatoms. The minimum atomic E-state index is -0.252. The lowest BCUT2D eigenvalue weighted by Crippen LogP contribution is -2.40. The molecule has 1 amide bonds. The summed E-state index contributed by atoms with van der Waals surface area (Å²) in [6.07, 6.45) is 2.93. The summed E-state index contributed by atoms with van der Waals surface area (Å²) in [5, 5.41) is 7.62. The summed E-state index contributed by atoms with van der Waals surface area (Å²) in [6.45, 7) is 7.66. The van der Waals surface area contributed by atoms with E-state index in [0.717, 1.165) is 18.6 Å². The van der Waals surface area contributed by atoms with Crippen LogP contribution in [0.4, 0.5) is 4.79 Å². The van der Waals surface area contributed by atoms with Gasteiger partial charge in [0.25, 0.3) is 0 Å².